The Kier molecular flexibility index (Phi) is 11.1. The van der Waals surface area contributed by atoms with Gasteiger partial charge in [-0.15, -0.1) is 0 Å². The van der Waals surface area contributed by atoms with Crippen LogP contribution in [0, 0.1) is 0 Å². The van der Waals surface area contributed by atoms with Gasteiger partial charge in [0, 0.05) is 25.2 Å². The number of primary amides is 1. The maximum absolute atomic E-state index is 12.3. The van der Waals surface area contributed by atoms with Crippen molar-refractivity contribution in [1.29, 1.82) is 0 Å². The first-order chi connectivity index (χ1) is 16.5. The molecule has 0 bridgehead atoms. The van der Waals surface area contributed by atoms with E-state index < -0.39 is 0 Å². The van der Waals surface area contributed by atoms with E-state index in [1.54, 1.807) is 17.2 Å². The van der Waals surface area contributed by atoms with Crippen molar-refractivity contribution in [3.05, 3.63) is 94.9 Å². The van der Waals surface area contributed by atoms with Crippen molar-refractivity contribution >= 4 is 12.5 Å². The number of pyridine rings is 1. The molecule has 1 aromatic heterocycles. The smallest absolute Gasteiger partial charge is 0.410 e. The van der Waals surface area contributed by atoms with Crippen LogP contribution in [0.4, 0.5) is 4.79 Å². The highest BCUT2D eigenvalue weighted by molar-refractivity contribution is 5.69. The normalized spacial score (nSPS) is 15.5. The van der Waals surface area contributed by atoms with Gasteiger partial charge in [-0.2, -0.15) is 0 Å². The molecule has 180 valence electrons. The van der Waals surface area contributed by atoms with Crippen LogP contribution in [0.3, 0.4) is 0 Å². The van der Waals surface area contributed by atoms with Crippen molar-refractivity contribution in [3.63, 3.8) is 0 Å². The number of benzene rings is 2. The Hall–Kier alpha value is -3.87. The molecule has 7 nitrogen and oxygen atoms in total. The van der Waals surface area contributed by atoms with Gasteiger partial charge in [0.15, 0.2) is 0 Å². The van der Waals surface area contributed by atoms with E-state index in [-0.39, 0.29) is 30.2 Å². The van der Waals surface area contributed by atoms with Crippen molar-refractivity contribution in [2.45, 2.75) is 45.3 Å². The summed E-state index contributed by atoms with van der Waals surface area (Å²) >= 11 is 0. The summed E-state index contributed by atoms with van der Waals surface area (Å²) < 4.78 is 5.54. The van der Waals surface area contributed by atoms with Crippen LogP contribution in [0.2, 0.25) is 0 Å². The molecule has 3 N–H and O–H groups in total. The monoisotopic (exact) mass is 463 g/mol. The van der Waals surface area contributed by atoms with Gasteiger partial charge < -0.3 is 20.4 Å². The van der Waals surface area contributed by atoms with Crippen molar-refractivity contribution in [3.8, 4) is 11.1 Å². The molecule has 1 saturated heterocycles. The van der Waals surface area contributed by atoms with Crippen LogP contribution in [-0.4, -0.2) is 35.0 Å². The van der Waals surface area contributed by atoms with Gasteiger partial charge in [-0.05, 0) is 36.1 Å². The van der Waals surface area contributed by atoms with Crippen LogP contribution in [0.15, 0.2) is 83.8 Å². The van der Waals surface area contributed by atoms with E-state index >= 15 is 0 Å². The number of cyclic esters (lactones) is 1. The van der Waals surface area contributed by atoms with Crippen LogP contribution in [-0.2, 0) is 9.53 Å². The van der Waals surface area contributed by atoms with Crippen molar-refractivity contribution in [1.82, 2.24) is 9.88 Å². The molecule has 1 aliphatic heterocycles. The van der Waals surface area contributed by atoms with E-state index in [4.69, 9.17) is 9.53 Å². The maximum atomic E-state index is 12.3. The third-order valence-electron chi connectivity index (χ3n) is 5.45. The number of H-pyrrole nitrogens is 1. The Labute approximate surface area is 200 Å². The minimum absolute atomic E-state index is 0.0280. The number of aromatic amines is 1. The number of hydrogen-bond acceptors (Lipinski definition) is 4. The lowest BCUT2D eigenvalue weighted by Gasteiger charge is -2.35. The summed E-state index contributed by atoms with van der Waals surface area (Å²) in [7, 11) is 0. The molecule has 4 rings (SSSR count). The molecule has 0 aliphatic carbocycles. The fraction of sp³-hybridized carbons (Fsp3) is 0.296. The van der Waals surface area contributed by atoms with E-state index in [0.29, 0.717) is 0 Å². The van der Waals surface area contributed by atoms with Gasteiger partial charge in [0.2, 0.25) is 12.0 Å². The van der Waals surface area contributed by atoms with E-state index in [1.165, 1.54) is 6.07 Å². The predicted molar refractivity (Wildman–Crippen MR) is 134 cm³/mol. The SMILES string of the molecule is CCCC1CCN(C(C)c2ccc(-c3ccc(=O)[nH]c3)cc2)C(=O)O1.NC=O.c1ccccc1. The Morgan fingerprint density at radius 2 is 1.59 bits per heavy atom. The van der Waals surface area contributed by atoms with E-state index in [2.05, 4.69) is 17.6 Å². The number of hydrogen-bond donors (Lipinski definition) is 2. The Balaban J connectivity index is 0.000000383. The maximum Gasteiger partial charge on any atom is 0.410 e. The lowest BCUT2D eigenvalue weighted by molar-refractivity contribution is -0.106. The van der Waals surface area contributed by atoms with Gasteiger partial charge in [-0.1, -0.05) is 74.0 Å². The third kappa shape index (κ3) is 8.24. The summed E-state index contributed by atoms with van der Waals surface area (Å²) in [6, 6.07) is 23.4. The molecule has 0 spiro atoms. The number of amides is 2. The van der Waals surface area contributed by atoms with Gasteiger partial charge in [-0.3, -0.25) is 9.59 Å². The molecule has 1 aliphatic rings. The number of ether oxygens (including phenoxy) is 1. The average Bonchev–Trinajstić information content (AvgIpc) is 2.87. The zero-order valence-corrected chi connectivity index (χ0v) is 19.7. The average molecular weight is 464 g/mol. The van der Waals surface area contributed by atoms with Crippen LogP contribution >= 0.6 is 0 Å². The zero-order chi connectivity index (χ0) is 24.8. The zero-order valence-electron chi connectivity index (χ0n) is 19.7. The molecular weight excluding hydrogens is 430 g/mol. The van der Waals surface area contributed by atoms with E-state index in [9.17, 15) is 9.59 Å². The van der Waals surface area contributed by atoms with Crippen LogP contribution in [0.1, 0.15) is 44.7 Å². The second-order valence-electron chi connectivity index (χ2n) is 7.81. The van der Waals surface area contributed by atoms with Crippen molar-refractivity contribution < 1.29 is 14.3 Å². The van der Waals surface area contributed by atoms with Gasteiger partial charge in [0.1, 0.15) is 6.10 Å². The first-order valence-corrected chi connectivity index (χ1v) is 11.4. The van der Waals surface area contributed by atoms with Gasteiger partial charge in [0.25, 0.3) is 0 Å². The molecule has 7 heteroatoms. The minimum atomic E-state index is -0.220. The highest BCUT2D eigenvalue weighted by atomic mass is 16.6. The lowest BCUT2D eigenvalue weighted by Crippen LogP contribution is -2.43. The molecule has 2 aromatic carbocycles. The highest BCUT2D eigenvalue weighted by Gasteiger charge is 2.30. The fourth-order valence-electron chi connectivity index (χ4n) is 3.63. The third-order valence-corrected chi connectivity index (χ3v) is 5.45. The number of aromatic nitrogens is 1. The predicted octanol–water partition coefficient (Wildman–Crippen LogP) is 4.90. The molecule has 2 unspecified atom stereocenters. The number of carbonyl (C=O) groups excluding carboxylic acids is 2. The van der Waals surface area contributed by atoms with Gasteiger partial charge in [0.05, 0.1) is 6.04 Å². The number of nitrogens with two attached hydrogens (primary N) is 1. The fourth-order valence-corrected chi connectivity index (χ4v) is 3.63. The topological polar surface area (TPSA) is 105 Å². The van der Waals surface area contributed by atoms with E-state index in [1.807, 2.05) is 67.6 Å². The lowest BCUT2D eigenvalue weighted by atomic mass is 10.0. The van der Waals surface area contributed by atoms with Gasteiger partial charge >= 0.3 is 6.09 Å². The summed E-state index contributed by atoms with van der Waals surface area (Å²) in [5, 5.41) is 0. The molecule has 0 saturated carbocycles. The Morgan fingerprint density at radius 3 is 2.06 bits per heavy atom. The van der Waals surface area contributed by atoms with Gasteiger partial charge in [-0.25, -0.2) is 4.79 Å². The second-order valence-corrected chi connectivity index (χ2v) is 7.81. The Morgan fingerprint density at radius 1 is 1.03 bits per heavy atom. The minimum Gasteiger partial charge on any atom is -0.446 e. The quantitative estimate of drug-likeness (QED) is 0.525. The first-order valence-electron chi connectivity index (χ1n) is 11.4. The van der Waals surface area contributed by atoms with Crippen LogP contribution in [0.25, 0.3) is 11.1 Å². The molecule has 1 fully saturated rings. The molecular formula is C27H33N3O4. The molecule has 2 atom stereocenters. The summed E-state index contributed by atoms with van der Waals surface area (Å²) in [6.45, 7) is 4.86. The molecule has 34 heavy (non-hydrogen) atoms. The highest BCUT2D eigenvalue weighted by Crippen LogP contribution is 2.28. The first kappa shape index (κ1) is 26.4. The second kappa shape index (κ2) is 14.3. The number of rotatable bonds is 5. The number of carbonyl (C=O) groups is 2. The Bertz CT molecular complexity index is 1000. The summed E-state index contributed by atoms with van der Waals surface area (Å²) in [4.78, 5) is 36.5. The van der Waals surface area contributed by atoms with E-state index in [0.717, 1.165) is 42.5 Å². The standard InChI is InChI=1S/C20H24N2O3.C6H6.CH3NO/c1-3-4-18-11-12-22(20(24)25-18)14(2)15-5-7-16(8-6-15)17-9-10-19(23)21-13-17;1-2-4-6-5-3-1;2-1-3/h5-10,13-14,18H,3-4,11-12H2,1-2H3,(H,21,23);1-6H;1H,(H2,2,3). The van der Waals surface area contributed by atoms with Crippen molar-refractivity contribution in [2.75, 3.05) is 6.54 Å². The van der Waals surface area contributed by atoms with Crippen molar-refractivity contribution in [2.24, 2.45) is 5.73 Å². The summed E-state index contributed by atoms with van der Waals surface area (Å²) in [6.07, 6.45) is 4.64. The molecule has 2 heterocycles. The summed E-state index contributed by atoms with van der Waals surface area (Å²) in [5.41, 5.74) is 7.10. The van der Waals surface area contributed by atoms with Crippen LogP contribution < -0.4 is 11.3 Å². The molecule has 3 aromatic rings. The molecule has 0 radical (unpaired) electrons. The largest absolute Gasteiger partial charge is 0.446 e. The van der Waals surface area contributed by atoms with Crippen LogP contribution in [0.5, 0.6) is 0 Å². The number of nitrogens with zero attached hydrogens (tertiary/aromatic N) is 1. The number of nitrogens with one attached hydrogen (secondary N) is 1. The summed E-state index contributed by atoms with van der Waals surface area (Å²) in [5.74, 6) is 0. The molecule has 2 amide bonds.